The van der Waals surface area contributed by atoms with Crippen molar-refractivity contribution < 1.29 is 13.9 Å². The molecule has 5 nitrogen and oxygen atoms in total. The number of rotatable bonds is 8. The number of aryl methyl sites for hydroxylation is 1. The van der Waals surface area contributed by atoms with Crippen LogP contribution in [0.25, 0.3) is 11.3 Å². The molecule has 0 radical (unpaired) electrons. The largest absolute Gasteiger partial charge is 0.493 e. The van der Waals surface area contributed by atoms with Gasteiger partial charge in [-0.15, -0.1) is 0 Å². The van der Waals surface area contributed by atoms with E-state index in [9.17, 15) is 0 Å². The molecule has 0 atom stereocenters. The number of ether oxygens (including phenoxy) is 2. The second kappa shape index (κ2) is 7.69. The summed E-state index contributed by atoms with van der Waals surface area (Å²) in [4.78, 5) is 4.32. The smallest absolute Gasteiger partial charge is 0.194 e. The number of hydrogen-bond donors (Lipinski definition) is 1. The zero-order valence-corrected chi connectivity index (χ0v) is 12.8. The third-order valence-electron chi connectivity index (χ3n) is 3.22. The Kier molecular flexibility index (Phi) is 5.63. The van der Waals surface area contributed by atoms with Gasteiger partial charge in [-0.1, -0.05) is 6.92 Å². The molecule has 21 heavy (non-hydrogen) atoms. The minimum absolute atomic E-state index is 0.681. The molecule has 1 aromatic carbocycles. The zero-order valence-electron chi connectivity index (χ0n) is 12.8. The minimum atomic E-state index is 0.681. The van der Waals surface area contributed by atoms with Gasteiger partial charge in [-0.2, -0.15) is 0 Å². The molecule has 0 saturated heterocycles. The first-order valence-corrected chi connectivity index (χ1v) is 7.16. The molecule has 0 bridgehead atoms. The van der Waals surface area contributed by atoms with E-state index in [-0.39, 0.29) is 0 Å². The van der Waals surface area contributed by atoms with Crippen molar-refractivity contribution in [3.8, 4) is 22.8 Å². The number of nitrogens with zero attached hydrogens (tertiary/aromatic N) is 1. The molecule has 0 fully saturated rings. The monoisotopic (exact) mass is 290 g/mol. The van der Waals surface area contributed by atoms with Crippen LogP contribution in [0.2, 0.25) is 0 Å². The zero-order chi connectivity index (χ0) is 15.1. The van der Waals surface area contributed by atoms with Crippen molar-refractivity contribution in [2.24, 2.45) is 0 Å². The maximum absolute atomic E-state index is 5.79. The van der Waals surface area contributed by atoms with Crippen LogP contribution in [0.15, 0.2) is 28.8 Å². The Morgan fingerprint density at radius 1 is 1.19 bits per heavy atom. The lowest BCUT2D eigenvalue weighted by molar-refractivity contribution is 0.355. The van der Waals surface area contributed by atoms with Gasteiger partial charge in [0.15, 0.2) is 23.1 Å². The Morgan fingerprint density at radius 2 is 2.00 bits per heavy atom. The molecule has 0 unspecified atom stereocenters. The maximum atomic E-state index is 5.79. The number of oxazole rings is 1. The van der Waals surface area contributed by atoms with E-state index in [4.69, 9.17) is 13.9 Å². The van der Waals surface area contributed by atoms with Crippen molar-refractivity contribution >= 4 is 0 Å². The Bertz CT molecular complexity index is 566. The molecule has 2 aromatic rings. The van der Waals surface area contributed by atoms with Gasteiger partial charge in [0.25, 0.3) is 0 Å². The molecule has 0 aliphatic carbocycles. The van der Waals surface area contributed by atoms with E-state index < -0.39 is 0 Å². The fraction of sp³-hybridized carbons (Fsp3) is 0.438. The van der Waals surface area contributed by atoms with Crippen molar-refractivity contribution in [2.75, 3.05) is 27.3 Å². The molecule has 5 heteroatoms. The van der Waals surface area contributed by atoms with E-state index in [1.165, 1.54) is 0 Å². The summed E-state index contributed by atoms with van der Waals surface area (Å²) in [6.45, 7) is 4.06. The van der Waals surface area contributed by atoms with Gasteiger partial charge >= 0.3 is 0 Å². The molecule has 1 heterocycles. The topological polar surface area (TPSA) is 56.5 Å². The van der Waals surface area contributed by atoms with E-state index in [0.29, 0.717) is 11.5 Å². The second-order valence-corrected chi connectivity index (χ2v) is 4.65. The molecule has 0 aliphatic rings. The van der Waals surface area contributed by atoms with Crippen LogP contribution >= 0.6 is 0 Å². The van der Waals surface area contributed by atoms with Crippen molar-refractivity contribution in [1.29, 1.82) is 0 Å². The first-order chi connectivity index (χ1) is 10.3. The highest BCUT2D eigenvalue weighted by atomic mass is 16.5. The van der Waals surface area contributed by atoms with Crippen LogP contribution in [0, 0.1) is 0 Å². The Morgan fingerprint density at radius 3 is 2.71 bits per heavy atom. The normalized spacial score (nSPS) is 10.6. The number of methoxy groups -OCH3 is 2. The van der Waals surface area contributed by atoms with Crippen LogP contribution in [-0.4, -0.2) is 32.3 Å². The van der Waals surface area contributed by atoms with E-state index >= 15 is 0 Å². The average molecular weight is 290 g/mol. The second-order valence-electron chi connectivity index (χ2n) is 4.65. The Labute approximate surface area is 125 Å². The molecule has 1 N–H and O–H groups in total. The SMILES string of the molecule is CCNCCCc1ncc(-c2ccc(OC)c(OC)c2)o1. The highest BCUT2D eigenvalue weighted by Gasteiger charge is 2.10. The number of aromatic nitrogens is 1. The third-order valence-corrected chi connectivity index (χ3v) is 3.22. The van der Waals surface area contributed by atoms with Crippen LogP contribution in [-0.2, 0) is 6.42 Å². The first kappa shape index (κ1) is 15.4. The van der Waals surface area contributed by atoms with Gasteiger partial charge in [-0.25, -0.2) is 4.98 Å². The summed E-state index contributed by atoms with van der Waals surface area (Å²) in [6, 6.07) is 5.69. The summed E-state index contributed by atoms with van der Waals surface area (Å²) in [6.07, 6.45) is 3.60. The summed E-state index contributed by atoms with van der Waals surface area (Å²) < 4.78 is 16.3. The van der Waals surface area contributed by atoms with Gasteiger partial charge in [-0.05, 0) is 37.7 Å². The van der Waals surface area contributed by atoms with Crippen molar-refractivity contribution in [3.05, 3.63) is 30.3 Å². The van der Waals surface area contributed by atoms with Gasteiger partial charge < -0.3 is 19.2 Å². The number of hydrogen-bond acceptors (Lipinski definition) is 5. The summed E-state index contributed by atoms with van der Waals surface area (Å²) >= 11 is 0. The van der Waals surface area contributed by atoms with Gasteiger partial charge in [0, 0.05) is 12.0 Å². The summed E-state index contributed by atoms with van der Waals surface area (Å²) in [5.74, 6) is 2.89. The molecule has 0 aliphatic heterocycles. The Hall–Kier alpha value is -2.01. The molecular formula is C16H22N2O3. The molecule has 1 aromatic heterocycles. The number of nitrogens with one attached hydrogen (secondary N) is 1. The minimum Gasteiger partial charge on any atom is -0.493 e. The Balaban J connectivity index is 2.06. The molecular weight excluding hydrogens is 268 g/mol. The lowest BCUT2D eigenvalue weighted by Crippen LogP contribution is -2.14. The maximum Gasteiger partial charge on any atom is 0.194 e. The van der Waals surface area contributed by atoms with Gasteiger partial charge in [0.1, 0.15) is 0 Å². The predicted octanol–water partition coefficient (Wildman–Crippen LogP) is 2.90. The quantitative estimate of drug-likeness (QED) is 0.758. The lowest BCUT2D eigenvalue weighted by Gasteiger charge is -2.08. The van der Waals surface area contributed by atoms with Crippen LogP contribution in [0.4, 0.5) is 0 Å². The van der Waals surface area contributed by atoms with E-state index in [0.717, 1.165) is 43.1 Å². The van der Waals surface area contributed by atoms with Gasteiger partial charge in [0.05, 0.1) is 20.4 Å². The molecule has 0 saturated carbocycles. The first-order valence-electron chi connectivity index (χ1n) is 7.16. The van der Waals surface area contributed by atoms with Crippen molar-refractivity contribution in [3.63, 3.8) is 0 Å². The fourth-order valence-corrected chi connectivity index (χ4v) is 2.09. The van der Waals surface area contributed by atoms with Gasteiger partial charge in [-0.3, -0.25) is 0 Å². The average Bonchev–Trinajstić information content (AvgIpc) is 2.99. The molecule has 0 spiro atoms. The van der Waals surface area contributed by atoms with Crippen molar-refractivity contribution in [1.82, 2.24) is 10.3 Å². The summed E-state index contributed by atoms with van der Waals surface area (Å²) in [5.41, 5.74) is 0.929. The van der Waals surface area contributed by atoms with Crippen molar-refractivity contribution in [2.45, 2.75) is 19.8 Å². The van der Waals surface area contributed by atoms with E-state index in [2.05, 4.69) is 17.2 Å². The highest BCUT2D eigenvalue weighted by molar-refractivity contribution is 5.62. The van der Waals surface area contributed by atoms with Gasteiger partial charge in [0.2, 0.25) is 0 Å². The predicted molar refractivity (Wildman–Crippen MR) is 81.9 cm³/mol. The molecule has 114 valence electrons. The summed E-state index contributed by atoms with van der Waals surface area (Å²) in [5, 5.41) is 3.28. The van der Waals surface area contributed by atoms with E-state index in [1.54, 1.807) is 20.4 Å². The van der Waals surface area contributed by atoms with E-state index in [1.807, 2.05) is 18.2 Å². The number of benzene rings is 1. The van der Waals surface area contributed by atoms with Crippen LogP contribution in [0.1, 0.15) is 19.2 Å². The van der Waals surface area contributed by atoms with Crippen LogP contribution < -0.4 is 14.8 Å². The fourth-order valence-electron chi connectivity index (χ4n) is 2.09. The lowest BCUT2D eigenvalue weighted by atomic mass is 10.1. The highest BCUT2D eigenvalue weighted by Crippen LogP contribution is 2.32. The standard InChI is InChI=1S/C16H22N2O3/c1-4-17-9-5-6-16-18-11-15(21-16)12-7-8-13(19-2)14(10-12)20-3/h7-8,10-11,17H,4-6,9H2,1-3H3. The molecule has 0 amide bonds. The van der Waals surface area contributed by atoms with Crippen LogP contribution in [0.3, 0.4) is 0 Å². The third kappa shape index (κ3) is 3.98. The molecule has 2 rings (SSSR count). The van der Waals surface area contributed by atoms with Crippen LogP contribution in [0.5, 0.6) is 11.5 Å². The summed E-state index contributed by atoms with van der Waals surface area (Å²) in [7, 11) is 3.24.